The number of hydrogen-bond donors (Lipinski definition) is 1. The van der Waals surface area contributed by atoms with Gasteiger partial charge in [0.2, 0.25) is 5.91 Å². The van der Waals surface area contributed by atoms with Crippen LogP contribution in [0.4, 0.5) is 10.5 Å². The second-order valence-electron chi connectivity index (χ2n) is 7.32. The molecule has 0 aromatic heterocycles. The van der Waals surface area contributed by atoms with E-state index in [4.69, 9.17) is 4.74 Å². The zero-order valence-corrected chi connectivity index (χ0v) is 19.2. The van der Waals surface area contributed by atoms with Gasteiger partial charge >= 0.3 is 0 Å². The van der Waals surface area contributed by atoms with E-state index in [9.17, 15) is 14.4 Å². The van der Waals surface area contributed by atoms with E-state index in [2.05, 4.69) is 19.2 Å². The molecule has 31 heavy (non-hydrogen) atoms. The van der Waals surface area contributed by atoms with Crippen LogP contribution in [-0.4, -0.2) is 41.4 Å². The van der Waals surface area contributed by atoms with Crippen LogP contribution in [0.2, 0.25) is 0 Å². The number of rotatable bonds is 8. The predicted octanol–water partition coefficient (Wildman–Crippen LogP) is 5.12. The van der Waals surface area contributed by atoms with Crippen LogP contribution in [0.3, 0.4) is 0 Å². The van der Waals surface area contributed by atoms with Gasteiger partial charge in [-0.1, -0.05) is 32.0 Å². The van der Waals surface area contributed by atoms with Crippen LogP contribution >= 0.6 is 23.5 Å². The van der Waals surface area contributed by atoms with E-state index in [1.165, 1.54) is 0 Å². The molecule has 0 saturated carbocycles. The number of carbonyl (C=O) groups excluding carboxylic acids is 3. The largest absolute Gasteiger partial charge is 0.493 e. The Morgan fingerprint density at radius 1 is 1.19 bits per heavy atom. The third kappa shape index (κ3) is 6.38. The molecule has 6 nitrogen and oxygen atoms in total. The summed E-state index contributed by atoms with van der Waals surface area (Å²) in [6, 6.07) is 14.7. The molecule has 3 rings (SSSR count). The van der Waals surface area contributed by atoms with E-state index >= 15 is 0 Å². The molecular formula is C23H24N2O4S2. The molecule has 1 saturated heterocycles. The number of nitrogens with zero attached hydrogens (tertiary/aromatic N) is 1. The smallest absolute Gasteiger partial charge is 0.294 e. The molecule has 1 fully saturated rings. The maximum absolute atomic E-state index is 12.7. The molecule has 0 radical (unpaired) electrons. The molecule has 1 N–H and O–H groups in total. The standard InChI is InChI=1S/C23H24N2O4S2/c1-15(2)14-29-18-9-7-16(8-10-18)11-20-22(27)25(23(28)31-20)13-21(26)24-17-5-4-6-19(12-17)30-3/h4-12,15H,13-14H2,1-3H3,(H,24,26)/b20-11-. The summed E-state index contributed by atoms with van der Waals surface area (Å²) < 4.78 is 5.65. The molecule has 1 aliphatic heterocycles. The summed E-state index contributed by atoms with van der Waals surface area (Å²) in [6.45, 7) is 4.45. The Bertz CT molecular complexity index is 1000. The predicted molar refractivity (Wildman–Crippen MR) is 126 cm³/mol. The molecule has 0 bridgehead atoms. The Balaban J connectivity index is 1.62. The normalized spacial score (nSPS) is 15.1. The Morgan fingerprint density at radius 2 is 1.94 bits per heavy atom. The van der Waals surface area contributed by atoms with E-state index in [1.54, 1.807) is 23.9 Å². The van der Waals surface area contributed by atoms with Gasteiger partial charge in [0.1, 0.15) is 12.3 Å². The number of thioether (sulfide) groups is 2. The first-order valence-corrected chi connectivity index (χ1v) is 11.8. The Labute approximate surface area is 190 Å². The van der Waals surface area contributed by atoms with Gasteiger partial charge in [0, 0.05) is 10.6 Å². The van der Waals surface area contributed by atoms with Crippen molar-refractivity contribution in [2.24, 2.45) is 5.92 Å². The van der Waals surface area contributed by atoms with Crippen LogP contribution in [0.25, 0.3) is 6.08 Å². The molecule has 3 amide bonds. The van der Waals surface area contributed by atoms with Crippen molar-refractivity contribution >= 4 is 52.3 Å². The fourth-order valence-electron chi connectivity index (χ4n) is 2.76. The number of anilines is 1. The van der Waals surface area contributed by atoms with E-state index in [0.717, 1.165) is 32.9 Å². The van der Waals surface area contributed by atoms with E-state index in [0.29, 0.717) is 18.2 Å². The monoisotopic (exact) mass is 456 g/mol. The molecule has 8 heteroatoms. The molecule has 0 aliphatic carbocycles. The highest BCUT2D eigenvalue weighted by Gasteiger charge is 2.36. The van der Waals surface area contributed by atoms with Crippen molar-refractivity contribution in [2.75, 3.05) is 24.7 Å². The summed E-state index contributed by atoms with van der Waals surface area (Å²) in [5, 5.41) is 2.28. The Morgan fingerprint density at radius 3 is 2.61 bits per heavy atom. The summed E-state index contributed by atoms with van der Waals surface area (Å²) in [6.07, 6.45) is 3.59. The minimum atomic E-state index is -0.469. The molecule has 1 aliphatic rings. The first-order valence-electron chi connectivity index (χ1n) is 9.78. The molecule has 162 valence electrons. The second kappa shape index (κ2) is 10.5. The summed E-state index contributed by atoms with van der Waals surface area (Å²) in [5.41, 5.74) is 1.40. The van der Waals surface area contributed by atoms with Crippen LogP contribution in [0.15, 0.2) is 58.3 Å². The maximum atomic E-state index is 12.7. The van der Waals surface area contributed by atoms with E-state index in [-0.39, 0.29) is 11.4 Å². The third-order valence-electron chi connectivity index (χ3n) is 4.29. The van der Waals surface area contributed by atoms with Crippen molar-refractivity contribution < 1.29 is 19.1 Å². The lowest BCUT2D eigenvalue weighted by Crippen LogP contribution is -2.36. The number of nitrogens with one attached hydrogen (secondary N) is 1. The average Bonchev–Trinajstić information content (AvgIpc) is 3.00. The van der Waals surface area contributed by atoms with Crippen LogP contribution in [0.1, 0.15) is 19.4 Å². The first-order chi connectivity index (χ1) is 14.9. The van der Waals surface area contributed by atoms with Gasteiger partial charge in [0.25, 0.3) is 11.1 Å². The van der Waals surface area contributed by atoms with Crippen molar-refractivity contribution in [3.05, 3.63) is 59.0 Å². The number of hydrogen-bond acceptors (Lipinski definition) is 6. The SMILES string of the molecule is CSc1cccc(NC(=O)CN2C(=O)S/C(=C\c3ccc(OCC(C)C)cc3)C2=O)c1. The summed E-state index contributed by atoms with van der Waals surface area (Å²) in [7, 11) is 0. The van der Waals surface area contributed by atoms with Crippen molar-refractivity contribution in [3.8, 4) is 5.75 Å². The first kappa shape index (κ1) is 23.0. The minimum absolute atomic E-state index is 0.290. The Hall–Kier alpha value is -2.71. The summed E-state index contributed by atoms with van der Waals surface area (Å²) in [4.78, 5) is 39.6. The third-order valence-corrected chi connectivity index (χ3v) is 5.92. The molecule has 1 heterocycles. The van der Waals surface area contributed by atoms with Crippen molar-refractivity contribution in [2.45, 2.75) is 18.7 Å². The highest BCUT2D eigenvalue weighted by molar-refractivity contribution is 8.18. The van der Waals surface area contributed by atoms with E-state index < -0.39 is 17.1 Å². The zero-order chi connectivity index (χ0) is 22.4. The van der Waals surface area contributed by atoms with Gasteiger partial charge in [-0.05, 0) is 65.9 Å². The number of ether oxygens (including phenoxy) is 1. The molecule has 0 atom stereocenters. The summed E-state index contributed by atoms with van der Waals surface area (Å²) in [5.74, 6) is 0.288. The second-order valence-corrected chi connectivity index (χ2v) is 9.19. The topological polar surface area (TPSA) is 75.7 Å². The van der Waals surface area contributed by atoms with E-state index in [1.807, 2.05) is 48.7 Å². The number of amides is 3. The zero-order valence-electron chi connectivity index (χ0n) is 17.6. The molecule has 0 unspecified atom stereocenters. The maximum Gasteiger partial charge on any atom is 0.294 e. The lowest BCUT2D eigenvalue weighted by molar-refractivity contribution is -0.127. The minimum Gasteiger partial charge on any atom is -0.493 e. The van der Waals surface area contributed by atoms with Gasteiger partial charge in [0.15, 0.2) is 0 Å². The van der Waals surface area contributed by atoms with Gasteiger partial charge in [-0.25, -0.2) is 0 Å². The fourth-order valence-corrected chi connectivity index (χ4v) is 4.05. The van der Waals surface area contributed by atoms with Crippen LogP contribution < -0.4 is 10.1 Å². The van der Waals surface area contributed by atoms with Crippen molar-refractivity contribution in [1.29, 1.82) is 0 Å². The highest BCUT2D eigenvalue weighted by Crippen LogP contribution is 2.32. The van der Waals surface area contributed by atoms with Crippen molar-refractivity contribution in [1.82, 2.24) is 4.90 Å². The van der Waals surface area contributed by atoms with Crippen LogP contribution in [0, 0.1) is 5.92 Å². The quantitative estimate of drug-likeness (QED) is 0.439. The van der Waals surface area contributed by atoms with Gasteiger partial charge in [0.05, 0.1) is 11.5 Å². The van der Waals surface area contributed by atoms with Crippen molar-refractivity contribution in [3.63, 3.8) is 0 Å². The number of benzene rings is 2. The lowest BCUT2D eigenvalue weighted by atomic mass is 10.2. The van der Waals surface area contributed by atoms with Gasteiger partial charge in [-0.15, -0.1) is 11.8 Å². The molecule has 2 aromatic rings. The van der Waals surface area contributed by atoms with Gasteiger partial charge < -0.3 is 10.1 Å². The fraction of sp³-hybridized carbons (Fsp3) is 0.261. The molecule has 0 spiro atoms. The van der Waals surface area contributed by atoms with Crippen LogP contribution in [0.5, 0.6) is 5.75 Å². The molecule has 2 aromatic carbocycles. The summed E-state index contributed by atoms with van der Waals surface area (Å²) >= 11 is 2.39. The molecular weight excluding hydrogens is 432 g/mol. The lowest BCUT2D eigenvalue weighted by Gasteiger charge is -2.12. The average molecular weight is 457 g/mol. The highest BCUT2D eigenvalue weighted by atomic mass is 32.2. The number of imide groups is 1. The van der Waals surface area contributed by atoms with Gasteiger partial charge in [-0.3, -0.25) is 19.3 Å². The Kier molecular flexibility index (Phi) is 7.81. The van der Waals surface area contributed by atoms with Crippen LogP contribution in [-0.2, 0) is 9.59 Å². The van der Waals surface area contributed by atoms with Gasteiger partial charge in [-0.2, -0.15) is 0 Å². The number of carbonyl (C=O) groups is 3.